The summed E-state index contributed by atoms with van der Waals surface area (Å²) in [6.07, 6.45) is 2.91. The molecule has 1 heterocycles. The molecule has 1 N–H and O–H groups in total. The Morgan fingerprint density at radius 1 is 1.45 bits per heavy atom. The molecule has 3 heteroatoms. The van der Waals surface area contributed by atoms with E-state index in [2.05, 4.69) is 10.1 Å². The quantitative estimate of drug-likeness (QED) is 0.379. The van der Waals surface area contributed by atoms with Gasteiger partial charge in [0.2, 0.25) is 0 Å². The number of nitrogens with zero attached hydrogens (tertiary/aromatic N) is 2. The van der Waals surface area contributed by atoms with E-state index in [0.717, 1.165) is 0 Å². The molecule has 11 heavy (non-hydrogen) atoms. The maximum Gasteiger partial charge on any atom is 0.0918 e. The first-order valence-corrected chi connectivity index (χ1v) is 3.52. The molecule has 0 atom stereocenters. The number of oxime groups is 1. The fourth-order valence-corrected chi connectivity index (χ4v) is 0.511. The Morgan fingerprint density at radius 3 is 2.64 bits per heavy atom. The summed E-state index contributed by atoms with van der Waals surface area (Å²) in [6, 6.07) is 5.37. The van der Waals surface area contributed by atoms with Gasteiger partial charge in [0.15, 0.2) is 0 Å². The Hall–Kier alpha value is -1.38. The smallest absolute Gasteiger partial charge is 0.0918 e. The van der Waals surface area contributed by atoms with E-state index >= 15 is 0 Å². The van der Waals surface area contributed by atoms with Crippen LogP contribution in [0.5, 0.6) is 0 Å². The Balaban J connectivity index is 0.000000461. The molecular formula is C8H12N2O. The van der Waals surface area contributed by atoms with Crippen molar-refractivity contribution in [1.29, 1.82) is 0 Å². The van der Waals surface area contributed by atoms with Gasteiger partial charge in [-0.3, -0.25) is 4.98 Å². The number of rotatable bonds is 1. The first-order chi connectivity index (χ1) is 5.43. The molecule has 1 aromatic heterocycles. The molecule has 0 radical (unpaired) electrons. The maximum atomic E-state index is 8.05. The van der Waals surface area contributed by atoms with E-state index in [1.54, 1.807) is 18.3 Å². The average Bonchev–Trinajstić information content (AvgIpc) is 2.11. The summed E-state index contributed by atoms with van der Waals surface area (Å²) in [4.78, 5) is 3.86. The van der Waals surface area contributed by atoms with Crippen molar-refractivity contribution in [3.63, 3.8) is 0 Å². The van der Waals surface area contributed by atoms with E-state index in [0.29, 0.717) is 5.69 Å². The zero-order valence-electron chi connectivity index (χ0n) is 6.73. The predicted octanol–water partition coefficient (Wildman–Crippen LogP) is 1.92. The zero-order chi connectivity index (χ0) is 8.53. The molecule has 0 fully saturated rings. The van der Waals surface area contributed by atoms with E-state index < -0.39 is 0 Å². The molecule has 1 aromatic rings. The molecule has 0 bridgehead atoms. The van der Waals surface area contributed by atoms with Crippen LogP contribution in [0.4, 0.5) is 0 Å². The summed E-state index contributed by atoms with van der Waals surface area (Å²) in [5.41, 5.74) is 0.653. The normalized spacial score (nSPS) is 8.91. The third kappa shape index (κ3) is 4.08. The van der Waals surface area contributed by atoms with Gasteiger partial charge in [0.1, 0.15) is 0 Å². The molecule has 0 saturated heterocycles. The molecule has 0 saturated carbocycles. The third-order valence-electron chi connectivity index (χ3n) is 0.878. The van der Waals surface area contributed by atoms with E-state index in [-0.39, 0.29) is 0 Å². The monoisotopic (exact) mass is 152 g/mol. The molecule has 0 aromatic carbocycles. The highest BCUT2D eigenvalue weighted by molar-refractivity contribution is 5.75. The van der Waals surface area contributed by atoms with Gasteiger partial charge in [0.05, 0.1) is 11.9 Å². The van der Waals surface area contributed by atoms with Crippen LogP contribution < -0.4 is 0 Å². The van der Waals surface area contributed by atoms with Crippen LogP contribution in [0.3, 0.4) is 0 Å². The van der Waals surface area contributed by atoms with E-state index in [1.165, 1.54) is 6.21 Å². The summed E-state index contributed by atoms with van der Waals surface area (Å²) in [5.74, 6) is 0. The van der Waals surface area contributed by atoms with Crippen LogP contribution in [-0.4, -0.2) is 16.4 Å². The Labute approximate surface area is 66.4 Å². The lowest BCUT2D eigenvalue weighted by atomic mass is 10.4. The maximum absolute atomic E-state index is 8.05. The lowest BCUT2D eigenvalue weighted by Crippen LogP contribution is -1.83. The average molecular weight is 152 g/mol. The van der Waals surface area contributed by atoms with Gasteiger partial charge < -0.3 is 5.21 Å². The van der Waals surface area contributed by atoms with Crippen LogP contribution in [0, 0.1) is 0 Å². The predicted molar refractivity (Wildman–Crippen MR) is 45.0 cm³/mol. The first kappa shape index (κ1) is 9.62. The van der Waals surface area contributed by atoms with E-state index in [4.69, 9.17) is 5.21 Å². The molecule has 60 valence electrons. The topological polar surface area (TPSA) is 45.5 Å². The molecule has 0 spiro atoms. The largest absolute Gasteiger partial charge is 0.411 e. The van der Waals surface area contributed by atoms with Crippen LogP contribution in [0.15, 0.2) is 29.6 Å². The second-order valence-electron chi connectivity index (χ2n) is 1.50. The SMILES string of the molecule is CC.O/N=C\c1ccccn1. The van der Waals surface area contributed by atoms with Crippen LogP contribution in [0.2, 0.25) is 0 Å². The molecule has 1 rings (SSSR count). The molecule has 0 aliphatic heterocycles. The molecular weight excluding hydrogens is 140 g/mol. The first-order valence-electron chi connectivity index (χ1n) is 3.52. The number of hydrogen-bond donors (Lipinski definition) is 1. The second kappa shape index (κ2) is 6.74. The molecule has 0 aliphatic rings. The Bertz CT molecular complexity index is 197. The van der Waals surface area contributed by atoms with Crippen LogP contribution in [-0.2, 0) is 0 Å². The summed E-state index contributed by atoms with van der Waals surface area (Å²) in [6.45, 7) is 4.00. The summed E-state index contributed by atoms with van der Waals surface area (Å²) in [5, 5.41) is 10.9. The molecule has 0 amide bonds. The van der Waals surface area contributed by atoms with Crippen molar-refractivity contribution in [2.24, 2.45) is 5.16 Å². The minimum Gasteiger partial charge on any atom is -0.411 e. The lowest BCUT2D eigenvalue weighted by molar-refractivity contribution is 0.321. The molecule has 0 aliphatic carbocycles. The van der Waals surface area contributed by atoms with Crippen LogP contribution >= 0.6 is 0 Å². The van der Waals surface area contributed by atoms with Gasteiger partial charge in [-0.05, 0) is 12.1 Å². The van der Waals surface area contributed by atoms with Crippen molar-refractivity contribution in [3.8, 4) is 0 Å². The number of aromatic nitrogens is 1. The Kier molecular flexibility index (Phi) is 5.89. The van der Waals surface area contributed by atoms with Crippen molar-refractivity contribution in [1.82, 2.24) is 4.98 Å². The summed E-state index contributed by atoms with van der Waals surface area (Å²) < 4.78 is 0. The van der Waals surface area contributed by atoms with Gasteiger partial charge in [0, 0.05) is 6.20 Å². The fraction of sp³-hybridized carbons (Fsp3) is 0.250. The molecule has 3 nitrogen and oxygen atoms in total. The summed E-state index contributed by atoms with van der Waals surface area (Å²) in [7, 11) is 0. The van der Waals surface area contributed by atoms with Crippen molar-refractivity contribution < 1.29 is 5.21 Å². The standard InChI is InChI=1S/C6H6N2O.C2H6/c9-8-5-6-3-1-2-4-7-6;1-2/h1-5,9H;1-2H3/b8-5-;. The van der Waals surface area contributed by atoms with Gasteiger partial charge in [-0.1, -0.05) is 25.1 Å². The van der Waals surface area contributed by atoms with Gasteiger partial charge in [-0.25, -0.2) is 0 Å². The third-order valence-corrected chi connectivity index (χ3v) is 0.878. The highest BCUT2D eigenvalue weighted by Crippen LogP contribution is 1.86. The Morgan fingerprint density at radius 2 is 2.18 bits per heavy atom. The van der Waals surface area contributed by atoms with Crippen molar-refractivity contribution in [2.75, 3.05) is 0 Å². The fourth-order valence-electron chi connectivity index (χ4n) is 0.511. The van der Waals surface area contributed by atoms with Gasteiger partial charge in [0.25, 0.3) is 0 Å². The van der Waals surface area contributed by atoms with E-state index in [1.807, 2.05) is 19.9 Å². The van der Waals surface area contributed by atoms with Gasteiger partial charge >= 0.3 is 0 Å². The van der Waals surface area contributed by atoms with Crippen LogP contribution in [0.1, 0.15) is 19.5 Å². The van der Waals surface area contributed by atoms with E-state index in [9.17, 15) is 0 Å². The van der Waals surface area contributed by atoms with Crippen molar-refractivity contribution >= 4 is 6.21 Å². The second-order valence-corrected chi connectivity index (χ2v) is 1.50. The van der Waals surface area contributed by atoms with Crippen LogP contribution in [0.25, 0.3) is 0 Å². The summed E-state index contributed by atoms with van der Waals surface area (Å²) >= 11 is 0. The van der Waals surface area contributed by atoms with Gasteiger partial charge in [-0.2, -0.15) is 0 Å². The minimum atomic E-state index is 0.653. The van der Waals surface area contributed by atoms with Gasteiger partial charge in [-0.15, -0.1) is 0 Å². The number of pyridine rings is 1. The van der Waals surface area contributed by atoms with Crippen molar-refractivity contribution in [2.45, 2.75) is 13.8 Å². The molecule has 0 unspecified atom stereocenters. The lowest BCUT2D eigenvalue weighted by Gasteiger charge is -1.84. The zero-order valence-corrected chi connectivity index (χ0v) is 6.73. The van der Waals surface area contributed by atoms with Crippen molar-refractivity contribution in [3.05, 3.63) is 30.1 Å². The minimum absolute atomic E-state index is 0.653. The number of hydrogen-bond acceptors (Lipinski definition) is 3. The highest BCUT2D eigenvalue weighted by Gasteiger charge is 1.81. The highest BCUT2D eigenvalue weighted by atomic mass is 16.4.